The van der Waals surface area contributed by atoms with Gasteiger partial charge in [-0.3, -0.25) is 4.18 Å². The zero-order valence-electron chi connectivity index (χ0n) is 18.7. The maximum atomic E-state index is 12.8. The van der Waals surface area contributed by atoms with E-state index >= 15 is 0 Å². The summed E-state index contributed by atoms with van der Waals surface area (Å²) in [6, 6.07) is 0. The van der Waals surface area contributed by atoms with Gasteiger partial charge in [-0.1, -0.05) is 0 Å². The molecule has 1 heterocycles. The summed E-state index contributed by atoms with van der Waals surface area (Å²) in [7, 11) is -9.98. The van der Waals surface area contributed by atoms with E-state index in [1.54, 1.807) is 0 Å². The van der Waals surface area contributed by atoms with Gasteiger partial charge in [0.05, 0.1) is 6.26 Å². The molecule has 28 heavy (non-hydrogen) atoms. The van der Waals surface area contributed by atoms with Crippen molar-refractivity contribution < 1.29 is 35.4 Å². The van der Waals surface area contributed by atoms with Gasteiger partial charge < -0.3 is 18.0 Å². The lowest BCUT2D eigenvalue weighted by Crippen LogP contribution is -2.64. The van der Waals surface area contributed by atoms with Crippen LogP contribution < -0.4 is 0 Å². The van der Waals surface area contributed by atoms with Gasteiger partial charge in [-0.15, -0.1) is 0 Å². The van der Waals surface area contributed by atoms with Crippen molar-refractivity contribution >= 4 is 41.0 Å². The fourth-order valence-corrected chi connectivity index (χ4v) is 6.26. The third kappa shape index (κ3) is 9.61. The normalized spacial score (nSPS) is 27.6. The smallest absolute Gasteiger partial charge is 0.337 e. The number of carbonyl (C=O) groups is 1. The second-order valence-electron chi connectivity index (χ2n) is 10.0. The Bertz CT molecular complexity index is 648. The highest BCUT2D eigenvalue weighted by Crippen LogP contribution is 2.31. The summed E-state index contributed by atoms with van der Waals surface area (Å²) in [6.45, 7) is 17.7. The minimum Gasteiger partial charge on any atom is -0.455 e. The first-order valence-corrected chi connectivity index (χ1v) is 21.4. The zero-order chi connectivity index (χ0) is 22.1. The summed E-state index contributed by atoms with van der Waals surface area (Å²) >= 11 is 0. The van der Waals surface area contributed by atoms with Crippen molar-refractivity contribution in [2.45, 2.75) is 83.3 Å². The van der Waals surface area contributed by atoms with E-state index < -0.39 is 65.5 Å². The molecule has 4 atom stereocenters. The quantitative estimate of drug-likeness (QED) is 0.287. The second kappa shape index (κ2) is 8.96. The van der Waals surface area contributed by atoms with Gasteiger partial charge in [0.25, 0.3) is 10.1 Å². The van der Waals surface area contributed by atoms with Crippen LogP contribution in [0, 0.1) is 0 Å². The van der Waals surface area contributed by atoms with Crippen LogP contribution in [0.3, 0.4) is 0 Å². The van der Waals surface area contributed by atoms with Crippen LogP contribution in [0.1, 0.15) is 0 Å². The van der Waals surface area contributed by atoms with Gasteiger partial charge in [0.2, 0.25) is 0 Å². The van der Waals surface area contributed by atoms with Crippen LogP contribution in [-0.4, -0.2) is 76.6 Å². The SMILES string of the molecule is C[Si](C)(C)O[C@H]1[C@H](O[Si](C)(C)C)[C@@H](O[Si](C)(C)C)C(=O)O[C@@H]1COS(C)(=O)=O. The molecule has 166 valence electrons. The number of carbonyl (C=O) groups excluding carboxylic acids is 1. The van der Waals surface area contributed by atoms with E-state index in [2.05, 4.69) is 0 Å². The van der Waals surface area contributed by atoms with Crippen molar-refractivity contribution in [3.05, 3.63) is 0 Å². The molecule has 12 heteroatoms. The Hall–Kier alpha value is -0.0894. The molecule has 1 fully saturated rings. The molecule has 0 aromatic heterocycles. The summed E-state index contributed by atoms with van der Waals surface area (Å²) in [5.74, 6) is -0.566. The van der Waals surface area contributed by atoms with Crippen molar-refractivity contribution in [3.8, 4) is 0 Å². The van der Waals surface area contributed by atoms with Crippen molar-refractivity contribution in [1.82, 2.24) is 0 Å². The van der Waals surface area contributed by atoms with Gasteiger partial charge in [0.1, 0.15) is 18.8 Å². The first-order chi connectivity index (χ1) is 12.3. The van der Waals surface area contributed by atoms with Crippen LogP contribution in [-0.2, 0) is 37.1 Å². The van der Waals surface area contributed by atoms with Crippen molar-refractivity contribution in [2.75, 3.05) is 12.9 Å². The zero-order valence-corrected chi connectivity index (χ0v) is 22.5. The summed E-state index contributed by atoms with van der Waals surface area (Å²) in [5.41, 5.74) is 0. The average Bonchev–Trinajstić information content (AvgIpc) is 2.39. The number of esters is 1. The predicted molar refractivity (Wildman–Crippen MR) is 115 cm³/mol. The maximum Gasteiger partial charge on any atom is 0.337 e. The van der Waals surface area contributed by atoms with Crippen LogP contribution in [0.25, 0.3) is 0 Å². The molecule has 0 aromatic rings. The molecule has 0 saturated carbocycles. The monoisotopic (exact) mass is 472 g/mol. The minimum absolute atomic E-state index is 0.315. The topological polar surface area (TPSA) is 97.4 Å². The van der Waals surface area contributed by atoms with E-state index in [9.17, 15) is 13.2 Å². The molecule has 0 radical (unpaired) electrons. The van der Waals surface area contributed by atoms with Crippen molar-refractivity contribution in [3.63, 3.8) is 0 Å². The van der Waals surface area contributed by atoms with E-state index in [1.807, 2.05) is 58.9 Å². The third-order valence-electron chi connectivity index (χ3n) is 3.39. The van der Waals surface area contributed by atoms with Gasteiger partial charge in [0.15, 0.2) is 37.2 Å². The number of rotatable bonds is 9. The molecule has 0 spiro atoms. The lowest BCUT2D eigenvalue weighted by Gasteiger charge is -2.46. The molecule has 1 aliphatic heterocycles. The molecule has 0 aliphatic carbocycles. The van der Waals surface area contributed by atoms with Crippen molar-refractivity contribution in [1.29, 1.82) is 0 Å². The summed E-state index contributed by atoms with van der Waals surface area (Å²) in [4.78, 5) is 12.8. The van der Waals surface area contributed by atoms with Crippen molar-refractivity contribution in [2.24, 2.45) is 0 Å². The molecule has 0 unspecified atom stereocenters. The van der Waals surface area contributed by atoms with Crippen LogP contribution in [0.15, 0.2) is 0 Å². The lowest BCUT2D eigenvalue weighted by molar-refractivity contribution is -0.197. The number of hydrogen-bond donors (Lipinski definition) is 0. The standard InChI is InChI=1S/C16H36O8SSi3/c1-25(18,19)20-11-12-13(22-26(2,3)4)14(23-27(5,6)7)15(16(17)21-12)24-28(8,9)10/h12-15H,11H2,1-10H3/t12-,13-,14+,15-/m1/s1. The van der Waals surface area contributed by atoms with Crippen LogP contribution in [0.2, 0.25) is 58.9 Å². The number of hydrogen-bond acceptors (Lipinski definition) is 8. The second-order valence-corrected chi connectivity index (χ2v) is 25.0. The molecule has 1 aliphatic rings. The molecule has 0 bridgehead atoms. The minimum atomic E-state index is -3.70. The highest BCUT2D eigenvalue weighted by Gasteiger charge is 2.52. The van der Waals surface area contributed by atoms with Gasteiger partial charge in [-0.05, 0) is 58.9 Å². The Morgan fingerprint density at radius 3 is 1.64 bits per heavy atom. The lowest BCUT2D eigenvalue weighted by atomic mass is 10.0. The Morgan fingerprint density at radius 2 is 1.25 bits per heavy atom. The largest absolute Gasteiger partial charge is 0.455 e. The maximum absolute atomic E-state index is 12.8. The summed E-state index contributed by atoms with van der Waals surface area (Å²) in [5, 5.41) is 0. The van der Waals surface area contributed by atoms with Gasteiger partial charge in [0, 0.05) is 0 Å². The molecule has 0 N–H and O–H groups in total. The van der Waals surface area contributed by atoms with E-state index in [-0.39, 0.29) is 6.61 Å². The van der Waals surface area contributed by atoms with E-state index in [0.29, 0.717) is 0 Å². The third-order valence-corrected chi connectivity index (χ3v) is 6.88. The predicted octanol–water partition coefficient (Wildman–Crippen LogP) is 2.55. The van der Waals surface area contributed by atoms with E-state index in [0.717, 1.165) is 6.26 Å². The number of ether oxygens (including phenoxy) is 1. The molecule has 8 nitrogen and oxygen atoms in total. The Balaban J connectivity index is 3.32. The molecular weight excluding hydrogens is 436 g/mol. The Labute approximate surface area is 172 Å². The van der Waals surface area contributed by atoms with Crippen LogP contribution in [0.4, 0.5) is 0 Å². The van der Waals surface area contributed by atoms with Gasteiger partial charge in [-0.2, -0.15) is 8.42 Å². The Kier molecular flexibility index (Phi) is 8.30. The van der Waals surface area contributed by atoms with Crippen LogP contribution >= 0.6 is 0 Å². The van der Waals surface area contributed by atoms with E-state index in [4.69, 9.17) is 22.2 Å². The summed E-state index contributed by atoms with van der Waals surface area (Å²) in [6.07, 6.45) is -2.19. The highest BCUT2D eigenvalue weighted by molar-refractivity contribution is 7.85. The molecular formula is C16H36O8SSi3. The molecule has 1 saturated heterocycles. The fourth-order valence-electron chi connectivity index (χ4n) is 2.71. The molecule has 0 amide bonds. The number of cyclic esters (lactones) is 1. The van der Waals surface area contributed by atoms with E-state index in [1.165, 1.54) is 0 Å². The first kappa shape index (κ1) is 25.9. The highest BCUT2D eigenvalue weighted by atomic mass is 32.2. The Morgan fingerprint density at radius 1 is 0.821 bits per heavy atom. The van der Waals surface area contributed by atoms with Crippen LogP contribution in [0.5, 0.6) is 0 Å². The van der Waals surface area contributed by atoms with Gasteiger partial charge >= 0.3 is 5.97 Å². The fraction of sp³-hybridized carbons (Fsp3) is 0.938. The van der Waals surface area contributed by atoms with Gasteiger partial charge in [-0.25, -0.2) is 4.79 Å². The average molecular weight is 473 g/mol. The molecule has 1 rings (SSSR count). The summed E-state index contributed by atoms with van der Waals surface area (Å²) < 4.78 is 52.2. The first-order valence-electron chi connectivity index (χ1n) is 9.36. The molecule has 0 aromatic carbocycles.